The van der Waals surface area contributed by atoms with E-state index < -0.39 is 28.5 Å². The number of benzene rings is 4. The lowest BCUT2D eigenvalue weighted by atomic mass is 9.94. The van der Waals surface area contributed by atoms with Gasteiger partial charge in [-0.3, -0.25) is 13.9 Å². The molecule has 0 aliphatic heterocycles. The van der Waals surface area contributed by atoms with Crippen molar-refractivity contribution in [3.8, 4) is 0 Å². The van der Waals surface area contributed by atoms with Gasteiger partial charge in [-0.1, -0.05) is 109 Å². The van der Waals surface area contributed by atoms with E-state index in [1.54, 1.807) is 48.5 Å². The van der Waals surface area contributed by atoms with Crippen LogP contribution in [-0.2, 0) is 32.6 Å². The highest BCUT2D eigenvalue weighted by atomic mass is 35.5. The summed E-state index contributed by atoms with van der Waals surface area (Å²) >= 11 is 6.37. The maximum atomic E-state index is 14.8. The van der Waals surface area contributed by atoms with Gasteiger partial charge in [-0.15, -0.1) is 0 Å². The highest BCUT2D eigenvalue weighted by Gasteiger charge is 2.36. The summed E-state index contributed by atoms with van der Waals surface area (Å²) in [6.45, 7) is 5.24. The number of hydrogen-bond donors (Lipinski definition) is 1. The Bertz CT molecular complexity index is 1820. The molecular formula is C39H44ClN3O4S. The van der Waals surface area contributed by atoms with Gasteiger partial charge in [0.2, 0.25) is 11.8 Å². The van der Waals surface area contributed by atoms with Gasteiger partial charge in [0.1, 0.15) is 12.6 Å². The lowest BCUT2D eigenvalue weighted by Gasteiger charge is -2.35. The van der Waals surface area contributed by atoms with E-state index >= 15 is 0 Å². The van der Waals surface area contributed by atoms with Crippen LogP contribution in [0.4, 0.5) is 5.69 Å². The van der Waals surface area contributed by atoms with Crippen LogP contribution in [0.1, 0.15) is 59.9 Å². The minimum atomic E-state index is -4.18. The van der Waals surface area contributed by atoms with Crippen molar-refractivity contribution in [3.05, 3.63) is 130 Å². The van der Waals surface area contributed by atoms with E-state index in [4.69, 9.17) is 11.6 Å². The lowest BCUT2D eigenvalue weighted by molar-refractivity contribution is -0.140. The molecule has 2 amide bonds. The minimum Gasteiger partial charge on any atom is -0.352 e. The van der Waals surface area contributed by atoms with Crippen LogP contribution in [0.2, 0.25) is 5.02 Å². The first-order valence-corrected chi connectivity index (χ1v) is 18.4. The third kappa shape index (κ3) is 8.85. The first-order chi connectivity index (χ1) is 23.0. The van der Waals surface area contributed by atoms with Crippen LogP contribution in [0.25, 0.3) is 0 Å². The fourth-order valence-electron chi connectivity index (χ4n) is 6.37. The second-order valence-electron chi connectivity index (χ2n) is 12.8. The van der Waals surface area contributed by atoms with Crippen LogP contribution < -0.4 is 9.62 Å². The molecule has 0 spiro atoms. The molecule has 7 nitrogen and oxygen atoms in total. The Balaban J connectivity index is 1.58. The van der Waals surface area contributed by atoms with Crippen LogP contribution in [-0.4, -0.2) is 43.8 Å². The van der Waals surface area contributed by atoms with E-state index in [1.807, 2.05) is 69.3 Å². The second kappa shape index (κ2) is 15.8. The zero-order chi connectivity index (χ0) is 34.3. The second-order valence-corrected chi connectivity index (χ2v) is 15.1. The fourth-order valence-corrected chi connectivity index (χ4v) is 8.06. The summed E-state index contributed by atoms with van der Waals surface area (Å²) in [5.74, 6) is -0.744. The molecule has 0 bridgehead atoms. The summed E-state index contributed by atoms with van der Waals surface area (Å²) in [5.41, 5.74) is 4.64. The predicted molar refractivity (Wildman–Crippen MR) is 193 cm³/mol. The Kier molecular flexibility index (Phi) is 11.6. The van der Waals surface area contributed by atoms with Crippen molar-refractivity contribution in [2.24, 2.45) is 0 Å². The molecule has 1 aliphatic rings. The molecule has 1 N–H and O–H groups in total. The number of amides is 2. The van der Waals surface area contributed by atoms with Crippen molar-refractivity contribution in [1.29, 1.82) is 0 Å². The van der Waals surface area contributed by atoms with Crippen LogP contribution in [0.15, 0.2) is 102 Å². The normalized spacial score (nSPS) is 14.2. The molecule has 1 fully saturated rings. The molecule has 5 rings (SSSR count). The van der Waals surface area contributed by atoms with E-state index in [-0.39, 0.29) is 29.8 Å². The molecule has 4 aromatic carbocycles. The van der Waals surface area contributed by atoms with Crippen LogP contribution in [0.5, 0.6) is 0 Å². The Hall–Kier alpha value is -4.14. The number of nitrogens with zero attached hydrogens (tertiary/aromatic N) is 2. The highest BCUT2D eigenvalue weighted by molar-refractivity contribution is 7.92. The first kappa shape index (κ1) is 35.2. The van der Waals surface area contributed by atoms with Gasteiger partial charge in [0.05, 0.1) is 10.6 Å². The summed E-state index contributed by atoms with van der Waals surface area (Å²) in [5, 5.41) is 3.75. The van der Waals surface area contributed by atoms with Gasteiger partial charge in [-0.05, 0) is 80.6 Å². The van der Waals surface area contributed by atoms with Crippen LogP contribution >= 0.6 is 11.6 Å². The predicted octanol–water partition coefficient (Wildman–Crippen LogP) is 7.55. The number of nitrogens with one attached hydrogen (secondary N) is 1. The van der Waals surface area contributed by atoms with Gasteiger partial charge in [-0.2, -0.15) is 0 Å². The molecule has 0 aromatic heterocycles. The molecule has 0 radical (unpaired) electrons. The molecule has 48 heavy (non-hydrogen) atoms. The van der Waals surface area contributed by atoms with E-state index in [2.05, 4.69) is 5.32 Å². The number of aryl methyl sites for hydroxylation is 3. The number of halogens is 1. The topological polar surface area (TPSA) is 86.8 Å². The number of rotatable bonds is 12. The zero-order valence-electron chi connectivity index (χ0n) is 27.9. The molecule has 9 heteroatoms. The molecule has 1 saturated carbocycles. The van der Waals surface area contributed by atoms with E-state index in [0.717, 1.165) is 59.9 Å². The minimum absolute atomic E-state index is 0.0290. The van der Waals surface area contributed by atoms with E-state index in [9.17, 15) is 18.0 Å². The summed E-state index contributed by atoms with van der Waals surface area (Å²) in [4.78, 5) is 30.6. The molecule has 1 atom stereocenters. The average molecular weight is 686 g/mol. The van der Waals surface area contributed by atoms with Gasteiger partial charge in [0, 0.05) is 24.0 Å². The lowest BCUT2D eigenvalue weighted by Crippen LogP contribution is -2.55. The van der Waals surface area contributed by atoms with Gasteiger partial charge >= 0.3 is 0 Å². The van der Waals surface area contributed by atoms with Gasteiger partial charge in [-0.25, -0.2) is 8.42 Å². The largest absolute Gasteiger partial charge is 0.352 e. The Morgan fingerprint density at radius 3 is 2.15 bits per heavy atom. The molecule has 1 aliphatic carbocycles. The smallest absolute Gasteiger partial charge is 0.264 e. The van der Waals surface area contributed by atoms with Crippen molar-refractivity contribution < 1.29 is 18.0 Å². The third-order valence-corrected chi connectivity index (χ3v) is 11.0. The van der Waals surface area contributed by atoms with Crippen molar-refractivity contribution in [3.63, 3.8) is 0 Å². The number of anilines is 1. The summed E-state index contributed by atoms with van der Waals surface area (Å²) in [6.07, 6.45) is 5.27. The number of hydrogen-bond acceptors (Lipinski definition) is 4. The molecule has 252 valence electrons. The SMILES string of the molecule is Cc1ccc(S(=O)(=O)N(CC(=O)N(Cc2cccc(Cl)c2)C(Cc2ccccc2)C(=O)NC2CCCCC2)c2ccc(C)cc2C)cc1. The summed E-state index contributed by atoms with van der Waals surface area (Å²) < 4.78 is 29.9. The van der Waals surface area contributed by atoms with Crippen molar-refractivity contribution >= 4 is 39.1 Å². The molecule has 0 saturated heterocycles. The van der Waals surface area contributed by atoms with Crippen LogP contribution in [0, 0.1) is 20.8 Å². The zero-order valence-corrected chi connectivity index (χ0v) is 29.4. The molecular weight excluding hydrogens is 642 g/mol. The molecule has 1 unspecified atom stereocenters. The molecule has 0 heterocycles. The third-order valence-electron chi connectivity index (χ3n) is 8.97. The quantitative estimate of drug-likeness (QED) is 0.167. The van der Waals surface area contributed by atoms with Gasteiger partial charge in [0.25, 0.3) is 10.0 Å². The van der Waals surface area contributed by atoms with Crippen LogP contribution in [0.3, 0.4) is 0 Å². The van der Waals surface area contributed by atoms with E-state index in [0.29, 0.717) is 10.7 Å². The fraction of sp³-hybridized carbons (Fsp3) is 0.333. The highest BCUT2D eigenvalue weighted by Crippen LogP contribution is 2.29. The number of sulfonamides is 1. The molecule has 4 aromatic rings. The number of carbonyl (C=O) groups is 2. The van der Waals surface area contributed by atoms with Crippen molar-refractivity contribution in [1.82, 2.24) is 10.2 Å². The van der Waals surface area contributed by atoms with Gasteiger partial charge < -0.3 is 10.2 Å². The Morgan fingerprint density at radius 2 is 1.48 bits per heavy atom. The number of carbonyl (C=O) groups excluding carboxylic acids is 2. The van der Waals surface area contributed by atoms with Crippen molar-refractivity contribution in [2.75, 3.05) is 10.8 Å². The maximum absolute atomic E-state index is 14.8. The standard InChI is InChI=1S/C39H44ClN3O4S/c1-28-17-20-35(21-18-28)48(46,47)43(36-22-19-29(2)23-30(36)3)27-38(44)42(26-32-13-10-14-33(40)24-32)37(25-31-11-6-4-7-12-31)39(45)41-34-15-8-5-9-16-34/h4,6-7,10-14,17-24,34,37H,5,8-9,15-16,25-27H2,1-3H3,(H,41,45). The summed E-state index contributed by atoms with van der Waals surface area (Å²) in [7, 11) is -4.18. The van der Waals surface area contributed by atoms with E-state index in [1.165, 1.54) is 9.21 Å². The maximum Gasteiger partial charge on any atom is 0.264 e. The average Bonchev–Trinajstić information content (AvgIpc) is 3.06. The Morgan fingerprint density at radius 1 is 0.812 bits per heavy atom. The van der Waals surface area contributed by atoms with Crippen molar-refractivity contribution in [2.45, 2.75) is 82.8 Å². The van der Waals surface area contributed by atoms with Gasteiger partial charge in [0.15, 0.2) is 0 Å². The summed E-state index contributed by atoms with van der Waals surface area (Å²) in [6, 6.07) is 28.0. The first-order valence-electron chi connectivity index (χ1n) is 16.6. The monoisotopic (exact) mass is 685 g/mol. The Labute approximate surface area is 290 Å².